The van der Waals surface area contributed by atoms with Crippen LogP contribution in [0.15, 0.2) is 54.6 Å². The van der Waals surface area contributed by atoms with Gasteiger partial charge in [0, 0.05) is 0 Å². The van der Waals surface area contributed by atoms with Crippen molar-refractivity contribution in [3.63, 3.8) is 0 Å². The van der Waals surface area contributed by atoms with Crippen molar-refractivity contribution in [3.8, 4) is 0 Å². The molecule has 2 aliphatic rings. The molecule has 142 valence electrons. The summed E-state index contributed by atoms with van der Waals surface area (Å²) in [5.41, 5.74) is 1.42. The van der Waals surface area contributed by atoms with E-state index < -0.39 is 29.9 Å². The number of ether oxygens (including phenoxy) is 1. The second-order valence-corrected chi connectivity index (χ2v) is 6.74. The zero-order valence-corrected chi connectivity index (χ0v) is 15.2. The highest BCUT2D eigenvalue weighted by atomic mass is 16.5. The van der Waals surface area contributed by atoms with Gasteiger partial charge in [0.05, 0.1) is 37.2 Å². The van der Waals surface area contributed by atoms with Gasteiger partial charge in [0.1, 0.15) is 6.04 Å². The Morgan fingerprint density at radius 3 is 2.11 bits per heavy atom. The zero-order chi connectivity index (χ0) is 19.8. The van der Waals surface area contributed by atoms with Crippen molar-refractivity contribution >= 4 is 23.7 Å². The molecular formula is C21H18N2O5. The highest BCUT2D eigenvalue weighted by Crippen LogP contribution is 2.35. The summed E-state index contributed by atoms with van der Waals surface area (Å²) in [6.45, 7) is 0.181. The van der Waals surface area contributed by atoms with Crippen LogP contribution in [-0.2, 0) is 14.3 Å². The summed E-state index contributed by atoms with van der Waals surface area (Å²) in [6, 6.07) is 14.3. The van der Waals surface area contributed by atoms with E-state index in [1.54, 1.807) is 24.3 Å². The van der Waals surface area contributed by atoms with Crippen LogP contribution in [0.4, 0.5) is 0 Å². The van der Waals surface area contributed by atoms with Gasteiger partial charge in [0.2, 0.25) is 5.91 Å². The molecule has 0 bridgehead atoms. The lowest BCUT2D eigenvalue weighted by molar-refractivity contribution is -0.154. The predicted octanol–water partition coefficient (Wildman–Crippen LogP) is 1.80. The van der Waals surface area contributed by atoms with Crippen LogP contribution in [0.2, 0.25) is 0 Å². The number of amides is 3. The molecule has 2 unspecified atom stereocenters. The van der Waals surface area contributed by atoms with Crippen LogP contribution >= 0.6 is 0 Å². The van der Waals surface area contributed by atoms with E-state index in [1.165, 1.54) is 12.0 Å². The number of carbonyl (C=O) groups excluding carboxylic acids is 4. The molecule has 7 heteroatoms. The number of imide groups is 1. The summed E-state index contributed by atoms with van der Waals surface area (Å²) in [5.74, 6) is -1.70. The quantitative estimate of drug-likeness (QED) is 0.450. The van der Waals surface area contributed by atoms with E-state index in [9.17, 15) is 19.2 Å². The summed E-state index contributed by atoms with van der Waals surface area (Å²) in [5, 5.41) is 0. The van der Waals surface area contributed by atoms with E-state index in [0.717, 1.165) is 10.5 Å². The Morgan fingerprint density at radius 2 is 1.57 bits per heavy atom. The number of β-lactam (4-membered cyclic amide) rings is 1. The fourth-order valence-electron chi connectivity index (χ4n) is 3.72. The van der Waals surface area contributed by atoms with Crippen molar-refractivity contribution in [2.75, 3.05) is 13.7 Å². The molecule has 0 aromatic heterocycles. The molecule has 0 radical (unpaired) electrons. The van der Waals surface area contributed by atoms with E-state index in [1.807, 2.05) is 30.3 Å². The fraction of sp³-hybridized carbons (Fsp3) is 0.238. The number of fused-ring (bicyclic) bond motifs is 1. The van der Waals surface area contributed by atoms with E-state index in [2.05, 4.69) is 0 Å². The third kappa shape index (κ3) is 2.76. The molecule has 1 saturated heterocycles. The van der Waals surface area contributed by atoms with Crippen LogP contribution < -0.4 is 0 Å². The van der Waals surface area contributed by atoms with Gasteiger partial charge in [-0.3, -0.25) is 24.1 Å². The van der Waals surface area contributed by atoms with Crippen LogP contribution in [0.3, 0.4) is 0 Å². The second-order valence-electron chi connectivity index (χ2n) is 6.74. The lowest BCUT2D eigenvalue weighted by atomic mass is 9.95. The molecule has 0 spiro atoms. The van der Waals surface area contributed by atoms with Crippen LogP contribution in [-0.4, -0.2) is 53.2 Å². The number of hydrogen-bond acceptors (Lipinski definition) is 5. The van der Waals surface area contributed by atoms with E-state index >= 15 is 0 Å². The number of benzene rings is 2. The van der Waals surface area contributed by atoms with Crippen molar-refractivity contribution in [1.29, 1.82) is 0 Å². The lowest BCUT2D eigenvalue weighted by Crippen LogP contribution is -2.65. The first-order valence-electron chi connectivity index (χ1n) is 8.92. The first-order chi connectivity index (χ1) is 13.5. The van der Waals surface area contributed by atoms with Crippen LogP contribution in [0, 0.1) is 0 Å². The van der Waals surface area contributed by atoms with Gasteiger partial charge in [-0.25, -0.2) is 0 Å². The molecule has 2 aliphatic heterocycles. The minimum atomic E-state index is -0.851. The highest BCUT2D eigenvalue weighted by molar-refractivity contribution is 6.23. The van der Waals surface area contributed by atoms with Crippen LogP contribution in [0.25, 0.3) is 0 Å². The second kappa shape index (κ2) is 6.92. The summed E-state index contributed by atoms with van der Waals surface area (Å²) in [7, 11) is 1.30. The molecule has 4 rings (SSSR count). The van der Waals surface area contributed by atoms with Gasteiger partial charge in [0.25, 0.3) is 11.8 Å². The van der Waals surface area contributed by atoms with Crippen LogP contribution in [0.5, 0.6) is 0 Å². The van der Waals surface area contributed by atoms with Crippen LogP contribution in [0.1, 0.15) is 38.7 Å². The molecule has 2 atom stereocenters. The standard InChI is InChI=1S/C21H18N2O5/c1-28-18(24)11-16(13-7-3-2-4-8-13)22-12-17(21(22)27)23-19(25)14-9-5-6-10-15(14)20(23)26/h2-10,16-17H,11-12H2,1H3. The van der Waals surface area contributed by atoms with Gasteiger partial charge in [-0.15, -0.1) is 0 Å². The Kier molecular flexibility index (Phi) is 4.43. The Labute approximate surface area is 161 Å². The highest BCUT2D eigenvalue weighted by Gasteiger charge is 2.51. The van der Waals surface area contributed by atoms with Gasteiger partial charge >= 0.3 is 5.97 Å². The van der Waals surface area contributed by atoms with E-state index in [4.69, 9.17) is 4.74 Å². The molecule has 1 fully saturated rings. The van der Waals surface area contributed by atoms with Crippen molar-refractivity contribution in [1.82, 2.24) is 9.80 Å². The maximum atomic E-state index is 12.9. The molecule has 0 N–H and O–H groups in total. The number of esters is 1. The predicted molar refractivity (Wildman–Crippen MR) is 98.3 cm³/mol. The summed E-state index contributed by atoms with van der Waals surface area (Å²) >= 11 is 0. The van der Waals surface area contributed by atoms with Gasteiger partial charge in [-0.2, -0.15) is 0 Å². The Bertz CT molecular complexity index is 937. The molecule has 2 aromatic carbocycles. The Hall–Kier alpha value is -3.48. The third-order valence-corrected chi connectivity index (χ3v) is 5.22. The molecule has 0 saturated carbocycles. The summed E-state index contributed by atoms with van der Waals surface area (Å²) in [6.07, 6.45) is 0.00108. The minimum Gasteiger partial charge on any atom is -0.469 e. The average molecular weight is 378 g/mol. The molecule has 2 aromatic rings. The molecule has 7 nitrogen and oxygen atoms in total. The van der Waals surface area contributed by atoms with Gasteiger partial charge < -0.3 is 9.64 Å². The number of rotatable bonds is 5. The monoisotopic (exact) mass is 378 g/mol. The first kappa shape index (κ1) is 17.9. The molecular weight excluding hydrogens is 360 g/mol. The maximum Gasteiger partial charge on any atom is 0.307 e. The number of nitrogens with zero attached hydrogens (tertiary/aromatic N) is 2. The fourth-order valence-corrected chi connectivity index (χ4v) is 3.72. The van der Waals surface area contributed by atoms with E-state index in [0.29, 0.717) is 11.1 Å². The first-order valence-corrected chi connectivity index (χ1v) is 8.92. The number of methoxy groups -OCH3 is 1. The third-order valence-electron chi connectivity index (χ3n) is 5.22. The van der Waals surface area contributed by atoms with Crippen molar-refractivity contribution < 1.29 is 23.9 Å². The average Bonchev–Trinajstić information content (AvgIpc) is 2.97. The molecule has 3 amide bonds. The van der Waals surface area contributed by atoms with Crippen molar-refractivity contribution in [2.24, 2.45) is 0 Å². The lowest BCUT2D eigenvalue weighted by Gasteiger charge is -2.46. The zero-order valence-electron chi connectivity index (χ0n) is 15.2. The van der Waals surface area contributed by atoms with Crippen molar-refractivity contribution in [2.45, 2.75) is 18.5 Å². The molecule has 2 heterocycles. The van der Waals surface area contributed by atoms with Crippen molar-refractivity contribution in [3.05, 3.63) is 71.3 Å². The minimum absolute atomic E-state index is 0.00108. The molecule has 0 aliphatic carbocycles. The topological polar surface area (TPSA) is 84.0 Å². The normalized spacial score (nSPS) is 19.3. The molecule has 28 heavy (non-hydrogen) atoms. The van der Waals surface area contributed by atoms with E-state index in [-0.39, 0.29) is 18.9 Å². The largest absolute Gasteiger partial charge is 0.469 e. The Balaban J connectivity index is 1.56. The summed E-state index contributed by atoms with van der Waals surface area (Å²) in [4.78, 5) is 52.5. The van der Waals surface area contributed by atoms with Gasteiger partial charge in [-0.1, -0.05) is 42.5 Å². The van der Waals surface area contributed by atoms with Gasteiger partial charge in [0.15, 0.2) is 0 Å². The number of carbonyl (C=O) groups is 4. The Morgan fingerprint density at radius 1 is 1.00 bits per heavy atom. The number of likely N-dealkylation sites (tertiary alicyclic amines) is 1. The summed E-state index contributed by atoms with van der Waals surface area (Å²) < 4.78 is 4.76. The van der Waals surface area contributed by atoms with Gasteiger partial charge in [-0.05, 0) is 17.7 Å². The smallest absolute Gasteiger partial charge is 0.307 e. The number of hydrogen-bond donors (Lipinski definition) is 0. The maximum absolute atomic E-state index is 12.9. The SMILES string of the molecule is COC(=O)CC(c1ccccc1)N1CC(N2C(=O)c3ccccc3C2=O)C1=O.